The lowest BCUT2D eigenvalue weighted by Crippen LogP contribution is -2.33. The molecule has 0 fully saturated rings. The molecule has 1 aliphatic heterocycles. The van der Waals surface area contributed by atoms with E-state index in [4.69, 9.17) is 0 Å². The summed E-state index contributed by atoms with van der Waals surface area (Å²) in [6, 6.07) is 18.4. The number of hydrogen-bond acceptors (Lipinski definition) is 2. The van der Waals surface area contributed by atoms with Gasteiger partial charge in [-0.05, 0) is 30.5 Å². The van der Waals surface area contributed by atoms with Gasteiger partial charge >= 0.3 is 0 Å². The van der Waals surface area contributed by atoms with Crippen LogP contribution in [0, 0.1) is 0 Å². The van der Waals surface area contributed by atoms with Gasteiger partial charge in [0.25, 0.3) is 0 Å². The fourth-order valence-corrected chi connectivity index (χ4v) is 3.63. The smallest absolute Gasteiger partial charge is 0.194 e. The molecule has 2 heterocycles. The van der Waals surface area contributed by atoms with Crippen LogP contribution in [0.1, 0.15) is 17.5 Å². The first kappa shape index (κ1) is 16.6. The van der Waals surface area contributed by atoms with Crippen LogP contribution in [0.3, 0.4) is 0 Å². The summed E-state index contributed by atoms with van der Waals surface area (Å²) in [5, 5.41) is 0.831. The fraction of sp³-hybridized carbons (Fsp3) is 0.250. The van der Waals surface area contributed by atoms with Crippen molar-refractivity contribution in [3.05, 3.63) is 75.9 Å². The Hall–Kier alpha value is -2.26. The van der Waals surface area contributed by atoms with Crippen molar-refractivity contribution in [1.82, 2.24) is 4.57 Å². The molecule has 0 saturated carbocycles. The molecule has 2 aromatic carbocycles. The van der Waals surface area contributed by atoms with Crippen molar-refractivity contribution in [2.75, 3.05) is 18.5 Å². The number of para-hydroxylation sites is 1. The van der Waals surface area contributed by atoms with Crippen molar-refractivity contribution in [2.24, 2.45) is 0 Å². The highest BCUT2D eigenvalue weighted by Gasteiger charge is 2.22. The number of fused-ring (bicyclic) bond motifs is 2. The second-order valence-electron chi connectivity index (χ2n) is 6.25. The first-order chi connectivity index (χ1) is 11.3. The van der Waals surface area contributed by atoms with Crippen LogP contribution in [0.25, 0.3) is 10.9 Å². The van der Waals surface area contributed by atoms with Gasteiger partial charge in [-0.25, -0.2) is 0 Å². The Bertz CT molecular complexity index is 918. The maximum absolute atomic E-state index is 12.9. The van der Waals surface area contributed by atoms with E-state index >= 15 is 0 Å². The first-order valence-corrected chi connectivity index (χ1v) is 8.15. The molecule has 0 spiro atoms. The topological polar surface area (TPSA) is 25.2 Å². The highest BCUT2D eigenvalue weighted by molar-refractivity contribution is 5.85. The van der Waals surface area contributed by atoms with Crippen LogP contribution in [0.4, 0.5) is 5.82 Å². The van der Waals surface area contributed by atoms with Crippen LogP contribution >= 0.6 is 12.4 Å². The largest absolute Gasteiger partial charge is 0.361 e. The van der Waals surface area contributed by atoms with Crippen molar-refractivity contribution < 1.29 is 0 Å². The van der Waals surface area contributed by atoms with Crippen LogP contribution in [0.5, 0.6) is 0 Å². The molecule has 24 heavy (non-hydrogen) atoms. The van der Waals surface area contributed by atoms with Gasteiger partial charge in [0.1, 0.15) is 5.82 Å². The third-order valence-electron chi connectivity index (χ3n) is 4.70. The summed E-state index contributed by atoms with van der Waals surface area (Å²) in [4.78, 5) is 15.1. The van der Waals surface area contributed by atoms with Crippen molar-refractivity contribution in [3.63, 3.8) is 0 Å². The minimum atomic E-state index is 0. The molecule has 0 amide bonds. The summed E-state index contributed by atoms with van der Waals surface area (Å²) >= 11 is 0. The van der Waals surface area contributed by atoms with Crippen LogP contribution in [-0.4, -0.2) is 18.2 Å². The van der Waals surface area contributed by atoms with E-state index in [1.807, 2.05) is 24.3 Å². The van der Waals surface area contributed by atoms with Crippen molar-refractivity contribution in [2.45, 2.75) is 19.4 Å². The van der Waals surface area contributed by atoms with Gasteiger partial charge in [-0.1, -0.05) is 42.5 Å². The van der Waals surface area contributed by atoms with Gasteiger partial charge in [-0.15, -0.1) is 12.4 Å². The highest BCUT2D eigenvalue weighted by atomic mass is 35.5. The molecule has 3 nitrogen and oxygen atoms in total. The van der Waals surface area contributed by atoms with Crippen LogP contribution < -0.4 is 10.3 Å². The molecular formula is C20H21ClN2O. The third kappa shape index (κ3) is 2.69. The molecule has 4 heteroatoms. The van der Waals surface area contributed by atoms with Gasteiger partial charge in [0.05, 0.1) is 5.52 Å². The summed E-state index contributed by atoms with van der Waals surface area (Å²) in [5.74, 6) is 1.09. The average Bonchev–Trinajstić information content (AvgIpc) is 2.60. The van der Waals surface area contributed by atoms with Crippen molar-refractivity contribution in [3.8, 4) is 0 Å². The number of nitrogens with zero attached hydrogens (tertiary/aromatic N) is 2. The van der Waals surface area contributed by atoms with E-state index in [9.17, 15) is 4.79 Å². The van der Waals surface area contributed by atoms with E-state index in [-0.39, 0.29) is 17.8 Å². The number of aromatic nitrogens is 1. The Balaban J connectivity index is 0.00000169. The van der Waals surface area contributed by atoms with E-state index in [1.54, 1.807) is 0 Å². The Labute approximate surface area is 147 Å². The van der Waals surface area contributed by atoms with Gasteiger partial charge < -0.3 is 9.47 Å². The molecule has 0 unspecified atom stereocenters. The van der Waals surface area contributed by atoms with Gasteiger partial charge in [0.2, 0.25) is 0 Å². The van der Waals surface area contributed by atoms with E-state index in [2.05, 4.69) is 46.8 Å². The second kappa shape index (κ2) is 6.70. The zero-order chi connectivity index (χ0) is 15.8. The lowest BCUT2D eigenvalue weighted by Gasteiger charge is -2.31. The summed E-state index contributed by atoms with van der Waals surface area (Å²) in [7, 11) is 2.09. The Kier molecular flexibility index (Phi) is 4.63. The lowest BCUT2D eigenvalue weighted by molar-refractivity contribution is 0.684. The van der Waals surface area contributed by atoms with Gasteiger partial charge in [-0.3, -0.25) is 4.79 Å². The quantitative estimate of drug-likeness (QED) is 0.708. The molecule has 1 aromatic heterocycles. The van der Waals surface area contributed by atoms with E-state index < -0.39 is 0 Å². The molecular weight excluding hydrogens is 320 g/mol. The van der Waals surface area contributed by atoms with Crippen molar-refractivity contribution in [1.29, 1.82) is 0 Å². The van der Waals surface area contributed by atoms with E-state index in [0.717, 1.165) is 48.2 Å². The monoisotopic (exact) mass is 340 g/mol. The van der Waals surface area contributed by atoms with Crippen LogP contribution in [-0.2, 0) is 13.0 Å². The minimum absolute atomic E-state index is 0. The van der Waals surface area contributed by atoms with E-state index in [1.165, 1.54) is 5.56 Å². The lowest BCUT2D eigenvalue weighted by atomic mass is 10.0. The number of hydrogen-bond donors (Lipinski definition) is 0. The fourth-order valence-electron chi connectivity index (χ4n) is 3.63. The molecule has 0 saturated heterocycles. The Morgan fingerprint density at radius 2 is 1.71 bits per heavy atom. The SMILES string of the molecule is CN1CCCc2c1n(Cc1ccccc1)c1ccccc1c2=O.Cl. The number of benzene rings is 2. The minimum Gasteiger partial charge on any atom is -0.361 e. The Morgan fingerprint density at radius 3 is 2.50 bits per heavy atom. The van der Waals surface area contributed by atoms with Crippen molar-refractivity contribution >= 4 is 29.1 Å². The number of pyridine rings is 1. The summed E-state index contributed by atoms with van der Waals surface area (Å²) < 4.78 is 2.31. The Morgan fingerprint density at radius 1 is 1.00 bits per heavy atom. The average molecular weight is 341 g/mol. The molecule has 0 radical (unpaired) electrons. The zero-order valence-electron chi connectivity index (χ0n) is 13.7. The summed E-state index contributed by atoms with van der Waals surface area (Å²) in [6.07, 6.45) is 1.92. The number of rotatable bonds is 2. The molecule has 0 atom stereocenters. The molecule has 1 aliphatic rings. The normalized spacial score (nSPS) is 13.5. The molecule has 4 rings (SSSR count). The van der Waals surface area contributed by atoms with Crippen LogP contribution in [0.15, 0.2) is 59.4 Å². The number of halogens is 1. The second-order valence-corrected chi connectivity index (χ2v) is 6.25. The summed E-state index contributed by atoms with van der Waals surface area (Å²) in [6.45, 7) is 1.79. The van der Waals surface area contributed by atoms with Gasteiger partial charge in [0, 0.05) is 31.1 Å². The van der Waals surface area contributed by atoms with Gasteiger partial charge in [0.15, 0.2) is 5.43 Å². The van der Waals surface area contributed by atoms with Gasteiger partial charge in [-0.2, -0.15) is 0 Å². The molecule has 0 aliphatic carbocycles. The third-order valence-corrected chi connectivity index (χ3v) is 4.70. The molecule has 124 valence electrons. The zero-order valence-corrected chi connectivity index (χ0v) is 14.6. The predicted octanol–water partition coefficient (Wildman–Crippen LogP) is 3.85. The van der Waals surface area contributed by atoms with Crippen LogP contribution in [0.2, 0.25) is 0 Å². The maximum atomic E-state index is 12.9. The number of anilines is 1. The van der Waals surface area contributed by atoms with E-state index in [0.29, 0.717) is 0 Å². The highest BCUT2D eigenvalue weighted by Crippen LogP contribution is 2.28. The standard InChI is InChI=1S/C20H20N2O.ClH/c1-21-13-7-11-17-19(23)16-10-5-6-12-18(16)22(20(17)21)14-15-8-3-2-4-9-15;/h2-6,8-10,12H,7,11,13-14H2,1H3;1H. The summed E-state index contributed by atoms with van der Waals surface area (Å²) in [5.41, 5.74) is 3.44. The first-order valence-electron chi connectivity index (χ1n) is 8.15. The molecule has 0 N–H and O–H groups in total. The maximum Gasteiger partial charge on any atom is 0.194 e. The predicted molar refractivity (Wildman–Crippen MR) is 103 cm³/mol. The molecule has 0 bridgehead atoms. The molecule has 3 aromatic rings.